The molecule has 0 aliphatic rings. The van der Waals surface area contributed by atoms with Crippen LogP contribution in [0, 0.1) is 10.1 Å². The summed E-state index contributed by atoms with van der Waals surface area (Å²) in [5.74, 6) is 0. The number of hydrogen-bond acceptors (Lipinski definition) is 3. The van der Waals surface area contributed by atoms with Crippen LogP contribution in [0.25, 0.3) is 0 Å². The molecule has 0 amide bonds. The average molecular weight is 364 g/mol. The molecule has 0 fully saturated rings. The molecule has 2 rings (SSSR count). The molecule has 0 bridgehead atoms. The van der Waals surface area contributed by atoms with E-state index in [9.17, 15) is 10.1 Å². The van der Waals surface area contributed by atoms with Crippen molar-refractivity contribution in [2.75, 3.05) is 13.2 Å². The van der Waals surface area contributed by atoms with Gasteiger partial charge in [0.2, 0.25) is 0 Å². The minimum absolute atomic E-state index is 0.187. The fourth-order valence-electron chi connectivity index (χ4n) is 2.05. The number of benzene rings is 2. The topological polar surface area (TPSA) is 52.4 Å². The molecular weight excluding hydrogens is 345 g/mol. The van der Waals surface area contributed by atoms with Gasteiger partial charge in [-0.25, -0.2) is 0 Å². The van der Waals surface area contributed by atoms with Gasteiger partial charge in [-0.2, -0.15) is 0 Å². The molecule has 0 radical (unpaired) electrons. The second-order valence-corrected chi connectivity index (χ2v) is 7.25. The van der Waals surface area contributed by atoms with Crippen molar-refractivity contribution in [2.24, 2.45) is 0 Å². The number of rotatable bonds is 9. The summed E-state index contributed by atoms with van der Waals surface area (Å²) in [6, 6.07) is 19.8. The third-order valence-electron chi connectivity index (χ3n) is 3.11. The molecule has 0 heterocycles. The third-order valence-corrected chi connectivity index (χ3v) is 5.41. The molecule has 0 N–H and O–H groups in total. The van der Waals surface area contributed by atoms with Gasteiger partial charge in [-0.15, -0.1) is 0 Å². The quantitative estimate of drug-likeness (QED) is 0.298. The first-order valence-corrected chi connectivity index (χ1v) is 9.28. The van der Waals surface area contributed by atoms with Crippen LogP contribution >= 0.6 is 0 Å². The van der Waals surface area contributed by atoms with Crippen molar-refractivity contribution in [1.29, 1.82) is 0 Å². The summed E-state index contributed by atoms with van der Waals surface area (Å²) >= 11 is 0.440. The van der Waals surface area contributed by atoms with Crippen LogP contribution in [-0.4, -0.2) is 33.0 Å². The van der Waals surface area contributed by atoms with Gasteiger partial charge in [-0.1, -0.05) is 0 Å². The second-order valence-electron chi connectivity index (χ2n) is 4.80. The van der Waals surface area contributed by atoms with E-state index in [-0.39, 0.29) is 11.5 Å². The van der Waals surface area contributed by atoms with Gasteiger partial charge >= 0.3 is 136 Å². The molecule has 0 saturated heterocycles. The van der Waals surface area contributed by atoms with Crippen LogP contribution < -0.4 is 4.46 Å². The van der Waals surface area contributed by atoms with Crippen molar-refractivity contribution < 1.29 is 9.66 Å². The summed E-state index contributed by atoms with van der Waals surface area (Å²) < 4.78 is 7.12. The molecule has 116 valence electrons. The van der Waals surface area contributed by atoms with Crippen LogP contribution in [-0.2, 0) is 4.74 Å². The van der Waals surface area contributed by atoms with Gasteiger partial charge in [0.15, 0.2) is 0 Å². The molecule has 2 aromatic carbocycles. The van der Waals surface area contributed by atoms with Crippen molar-refractivity contribution in [3.8, 4) is 0 Å². The SMILES string of the molecule is O=[N+]([O-])CC(OCCC[Se]c1ccccc1)c1ccccc1. The van der Waals surface area contributed by atoms with E-state index in [1.165, 1.54) is 4.46 Å². The van der Waals surface area contributed by atoms with E-state index in [1.54, 1.807) is 0 Å². The number of nitro groups is 1. The summed E-state index contributed by atoms with van der Waals surface area (Å²) in [6.07, 6.45) is 0.469. The fraction of sp³-hybridized carbons (Fsp3) is 0.294. The molecule has 0 aliphatic heterocycles. The number of hydrogen-bond donors (Lipinski definition) is 0. The van der Waals surface area contributed by atoms with Crippen LogP contribution in [0.2, 0.25) is 5.32 Å². The van der Waals surface area contributed by atoms with E-state index in [2.05, 4.69) is 24.3 Å². The van der Waals surface area contributed by atoms with E-state index < -0.39 is 6.10 Å². The van der Waals surface area contributed by atoms with E-state index in [1.807, 2.05) is 36.4 Å². The van der Waals surface area contributed by atoms with Crippen LogP contribution in [0.5, 0.6) is 0 Å². The Balaban J connectivity index is 1.75. The van der Waals surface area contributed by atoms with E-state index in [4.69, 9.17) is 4.74 Å². The van der Waals surface area contributed by atoms with E-state index in [0.29, 0.717) is 21.6 Å². The summed E-state index contributed by atoms with van der Waals surface area (Å²) in [5, 5.41) is 11.9. The van der Waals surface area contributed by atoms with Crippen LogP contribution in [0.1, 0.15) is 18.1 Å². The zero-order valence-corrected chi connectivity index (χ0v) is 14.0. The minimum atomic E-state index is -0.458. The Morgan fingerprint density at radius 1 is 1.05 bits per heavy atom. The van der Waals surface area contributed by atoms with Crippen molar-refractivity contribution in [1.82, 2.24) is 0 Å². The van der Waals surface area contributed by atoms with Gasteiger partial charge in [0.25, 0.3) is 0 Å². The first-order valence-electron chi connectivity index (χ1n) is 7.22. The Morgan fingerprint density at radius 3 is 2.32 bits per heavy atom. The van der Waals surface area contributed by atoms with Crippen LogP contribution in [0.15, 0.2) is 60.7 Å². The zero-order valence-electron chi connectivity index (χ0n) is 12.3. The number of ether oxygens (including phenoxy) is 1. The van der Waals surface area contributed by atoms with Gasteiger partial charge in [0, 0.05) is 0 Å². The number of nitrogens with zero attached hydrogens (tertiary/aromatic N) is 1. The van der Waals surface area contributed by atoms with Gasteiger partial charge in [-0.05, 0) is 0 Å². The predicted octanol–water partition coefficient (Wildman–Crippen LogP) is 2.86. The average Bonchev–Trinajstić information content (AvgIpc) is 2.55. The second kappa shape index (κ2) is 9.36. The monoisotopic (exact) mass is 365 g/mol. The maximum atomic E-state index is 10.8. The maximum absolute atomic E-state index is 10.8. The Morgan fingerprint density at radius 2 is 1.68 bits per heavy atom. The van der Waals surface area contributed by atoms with Crippen molar-refractivity contribution in [3.05, 3.63) is 76.3 Å². The van der Waals surface area contributed by atoms with Crippen LogP contribution in [0.3, 0.4) is 0 Å². The summed E-state index contributed by atoms with van der Waals surface area (Å²) in [7, 11) is 0. The van der Waals surface area contributed by atoms with Crippen molar-refractivity contribution in [2.45, 2.75) is 17.8 Å². The first-order chi connectivity index (χ1) is 10.8. The Bertz CT molecular complexity index is 563. The molecule has 5 heteroatoms. The standard InChI is InChI=1S/C17H19NO3Se/c19-18(20)14-17(15-8-3-1-4-9-15)21-12-7-13-22-16-10-5-2-6-11-16/h1-6,8-11,17H,7,12-14H2. The van der Waals surface area contributed by atoms with Gasteiger partial charge in [-0.3, -0.25) is 0 Å². The molecule has 1 atom stereocenters. The Hall–Kier alpha value is -1.68. The summed E-state index contributed by atoms with van der Waals surface area (Å²) in [4.78, 5) is 10.5. The molecule has 0 aliphatic carbocycles. The van der Waals surface area contributed by atoms with Gasteiger partial charge < -0.3 is 0 Å². The van der Waals surface area contributed by atoms with Crippen molar-refractivity contribution >= 4 is 19.4 Å². The summed E-state index contributed by atoms with van der Waals surface area (Å²) in [5.41, 5.74) is 0.868. The molecule has 0 aromatic heterocycles. The molecule has 22 heavy (non-hydrogen) atoms. The van der Waals surface area contributed by atoms with Crippen LogP contribution in [0.4, 0.5) is 0 Å². The Kier molecular flexibility index (Phi) is 7.10. The molecular formula is C17H19NO3Se. The molecule has 2 aromatic rings. The van der Waals surface area contributed by atoms with E-state index in [0.717, 1.165) is 17.3 Å². The molecule has 1 unspecified atom stereocenters. The first kappa shape index (κ1) is 16.7. The van der Waals surface area contributed by atoms with Gasteiger partial charge in [0.05, 0.1) is 0 Å². The van der Waals surface area contributed by atoms with E-state index >= 15 is 0 Å². The zero-order chi connectivity index (χ0) is 15.6. The molecule has 0 spiro atoms. The van der Waals surface area contributed by atoms with Crippen molar-refractivity contribution in [3.63, 3.8) is 0 Å². The Labute approximate surface area is 136 Å². The fourth-order valence-corrected chi connectivity index (χ4v) is 3.83. The predicted molar refractivity (Wildman–Crippen MR) is 88.3 cm³/mol. The summed E-state index contributed by atoms with van der Waals surface area (Å²) in [6.45, 7) is 0.371. The van der Waals surface area contributed by atoms with Gasteiger partial charge in [0.1, 0.15) is 0 Å². The molecule has 4 nitrogen and oxygen atoms in total. The normalized spacial score (nSPS) is 12.0. The third kappa shape index (κ3) is 5.98. The molecule has 0 saturated carbocycles.